The van der Waals surface area contributed by atoms with E-state index in [1.807, 2.05) is 6.92 Å². The Morgan fingerprint density at radius 1 is 1.16 bits per heavy atom. The Bertz CT molecular complexity index is 1150. The fourth-order valence-corrected chi connectivity index (χ4v) is 5.03. The Morgan fingerprint density at radius 3 is 2.58 bits per heavy atom. The molecule has 7 nitrogen and oxygen atoms in total. The Morgan fingerprint density at radius 2 is 1.90 bits per heavy atom. The number of nitrogens with one attached hydrogen (secondary N) is 1. The minimum absolute atomic E-state index is 0.0176. The van der Waals surface area contributed by atoms with Gasteiger partial charge in [-0.1, -0.05) is 0 Å². The number of carbonyl (C=O) groups excluding carboxylic acids is 2. The van der Waals surface area contributed by atoms with Gasteiger partial charge < -0.3 is 15.0 Å². The van der Waals surface area contributed by atoms with Crippen LogP contribution in [-0.4, -0.2) is 42.0 Å². The number of benzene rings is 1. The molecule has 2 aromatic heterocycles. The predicted molar refractivity (Wildman–Crippen MR) is 123 cm³/mol. The highest BCUT2D eigenvalue weighted by molar-refractivity contribution is 7.18. The molecule has 1 aromatic carbocycles. The van der Waals surface area contributed by atoms with Crippen molar-refractivity contribution in [3.63, 3.8) is 0 Å². The van der Waals surface area contributed by atoms with E-state index in [2.05, 4.69) is 34.0 Å². The minimum Gasteiger partial charge on any atom is -0.465 e. The van der Waals surface area contributed by atoms with Gasteiger partial charge in [-0.25, -0.2) is 14.8 Å². The van der Waals surface area contributed by atoms with E-state index < -0.39 is 0 Å². The molecule has 0 atom stereocenters. The van der Waals surface area contributed by atoms with Gasteiger partial charge >= 0.3 is 5.97 Å². The van der Waals surface area contributed by atoms with Crippen molar-refractivity contribution in [3.8, 4) is 0 Å². The molecule has 4 rings (SSSR count). The third-order valence-electron chi connectivity index (χ3n) is 6.02. The first-order valence-corrected chi connectivity index (χ1v) is 11.2. The number of anilines is 2. The molecule has 0 bridgehead atoms. The Labute approximate surface area is 185 Å². The fraction of sp³-hybridized carbons (Fsp3) is 0.391. The molecule has 8 heteroatoms. The maximum atomic E-state index is 12.9. The summed E-state index contributed by atoms with van der Waals surface area (Å²) in [6, 6.07) is 5.16. The van der Waals surface area contributed by atoms with Gasteiger partial charge in [-0.05, 0) is 62.9 Å². The number of thiophene rings is 1. The molecule has 1 aliphatic heterocycles. The number of methoxy groups -OCH3 is 1. The summed E-state index contributed by atoms with van der Waals surface area (Å²) in [6.45, 7) is 7.66. The molecule has 31 heavy (non-hydrogen) atoms. The molecule has 0 spiro atoms. The van der Waals surface area contributed by atoms with Gasteiger partial charge in [0.2, 0.25) is 5.91 Å². The lowest BCUT2D eigenvalue weighted by Gasteiger charge is -2.32. The van der Waals surface area contributed by atoms with Crippen molar-refractivity contribution in [2.75, 3.05) is 30.4 Å². The van der Waals surface area contributed by atoms with Crippen LogP contribution in [0.4, 0.5) is 11.5 Å². The number of nitrogens with zero attached hydrogens (tertiary/aromatic N) is 3. The van der Waals surface area contributed by atoms with Crippen LogP contribution < -0.4 is 10.2 Å². The van der Waals surface area contributed by atoms with E-state index in [1.54, 1.807) is 35.9 Å². The van der Waals surface area contributed by atoms with Gasteiger partial charge in [-0.2, -0.15) is 0 Å². The number of fused-ring (bicyclic) bond motifs is 1. The first kappa shape index (κ1) is 21.2. The summed E-state index contributed by atoms with van der Waals surface area (Å²) < 4.78 is 4.75. The number of carbonyl (C=O) groups is 2. The van der Waals surface area contributed by atoms with Crippen LogP contribution in [0.2, 0.25) is 0 Å². The van der Waals surface area contributed by atoms with Crippen LogP contribution >= 0.6 is 11.3 Å². The fourth-order valence-electron chi connectivity index (χ4n) is 4.04. The van der Waals surface area contributed by atoms with Gasteiger partial charge in [0.1, 0.15) is 17.0 Å². The largest absolute Gasteiger partial charge is 0.465 e. The number of ether oxygens (including phenoxy) is 1. The van der Waals surface area contributed by atoms with Gasteiger partial charge in [0.15, 0.2) is 0 Å². The average Bonchev–Trinajstić information content (AvgIpc) is 3.08. The van der Waals surface area contributed by atoms with E-state index in [1.165, 1.54) is 17.6 Å². The van der Waals surface area contributed by atoms with E-state index in [9.17, 15) is 9.59 Å². The highest BCUT2D eigenvalue weighted by atomic mass is 32.1. The van der Waals surface area contributed by atoms with E-state index in [0.29, 0.717) is 5.56 Å². The summed E-state index contributed by atoms with van der Waals surface area (Å²) in [7, 11) is 1.35. The standard InChI is InChI=1S/C23H26N4O3S/c1-13-11-17(23(29)30-4)5-6-18(13)26-21(28)16-7-9-27(10-8-16)20-19-14(2)15(3)31-22(19)25-12-24-20/h5-6,11-12,16H,7-10H2,1-4H3,(H,26,28). The number of piperidine rings is 1. The SMILES string of the molecule is COC(=O)c1ccc(NC(=O)C2CCN(c3ncnc4sc(C)c(C)c34)CC2)c(C)c1. The van der Waals surface area contributed by atoms with Gasteiger partial charge in [0.05, 0.1) is 18.1 Å². The summed E-state index contributed by atoms with van der Waals surface area (Å²) in [5, 5.41) is 4.16. The average molecular weight is 439 g/mol. The molecule has 1 N–H and O–H groups in total. The highest BCUT2D eigenvalue weighted by Crippen LogP contribution is 2.35. The molecule has 0 aliphatic carbocycles. The smallest absolute Gasteiger partial charge is 0.337 e. The lowest BCUT2D eigenvalue weighted by Crippen LogP contribution is -2.38. The van der Waals surface area contributed by atoms with Crippen molar-refractivity contribution in [3.05, 3.63) is 46.1 Å². The van der Waals surface area contributed by atoms with E-state index in [-0.39, 0.29) is 17.8 Å². The second-order valence-corrected chi connectivity index (χ2v) is 9.14. The van der Waals surface area contributed by atoms with Crippen molar-refractivity contribution in [2.45, 2.75) is 33.6 Å². The molecule has 0 unspecified atom stereocenters. The quantitative estimate of drug-likeness (QED) is 0.613. The molecule has 0 radical (unpaired) electrons. The molecular formula is C23H26N4O3S. The van der Waals surface area contributed by atoms with Crippen molar-refractivity contribution in [1.29, 1.82) is 0 Å². The summed E-state index contributed by atoms with van der Waals surface area (Å²) in [6.07, 6.45) is 3.16. The lowest BCUT2D eigenvalue weighted by atomic mass is 9.95. The summed E-state index contributed by atoms with van der Waals surface area (Å²) >= 11 is 1.70. The van der Waals surface area contributed by atoms with Gasteiger partial charge in [-0.3, -0.25) is 4.79 Å². The van der Waals surface area contributed by atoms with Crippen molar-refractivity contribution in [1.82, 2.24) is 9.97 Å². The molecule has 3 heterocycles. The summed E-state index contributed by atoms with van der Waals surface area (Å²) in [5.41, 5.74) is 3.27. The van der Waals surface area contributed by atoms with Gasteiger partial charge in [-0.15, -0.1) is 11.3 Å². The number of amides is 1. The molecule has 3 aromatic rings. The van der Waals surface area contributed by atoms with Crippen molar-refractivity contribution < 1.29 is 14.3 Å². The zero-order valence-corrected chi connectivity index (χ0v) is 19.0. The zero-order chi connectivity index (χ0) is 22.1. The number of rotatable bonds is 4. The molecule has 0 saturated carbocycles. The van der Waals surface area contributed by atoms with Crippen LogP contribution in [0.25, 0.3) is 10.2 Å². The van der Waals surface area contributed by atoms with Crippen LogP contribution in [0.1, 0.15) is 39.2 Å². The molecular weight excluding hydrogens is 412 g/mol. The maximum Gasteiger partial charge on any atom is 0.337 e. The van der Waals surface area contributed by atoms with Crippen LogP contribution in [0.5, 0.6) is 0 Å². The van der Waals surface area contributed by atoms with Crippen LogP contribution in [0.15, 0.2) is 24.5 Å². The first-order valence-electron chi connectivity index (χ1n) is 10.3. The minimum atomic E-state index is -0.386. The molecule has 1 fully saturated rings. The molecule has 162 valence electrons. The van der Waals surface area contributed by atoms with E-state index in [0.717, 1.165) is 53.2 Å². The topological polar surface area (TPSA) is 84.4 Å². The van der Waals surface area contributed by atoms with Crippen molar-refractivity contribution >= 4 is 44.9 Å². The van der Waals surface area contributed by atoms with Gasteiger partial charge in [0, 0.05) is 29.6 Å². The maximum absolute atomic E-state index is 12.9. The number of aryl methyl sites for hydroxylation is 3. The second-order valence-electron chi connectivity index (χ2n) is 7.93. The van der Waals surface area contributed by atoms with Gasteiger partial charge in [0.25, 0.3) is 0 Å². The molecule has 1 saturated heterocycles. The number of aromatic nitrogens is 2. The summed E-state index contributed by atoms with van der Waals surface area (Å²) in [4.78, 5) is 38.1. The first-order chi connectivity index (χ1) is 14.9. The third kappa shape index (κ3) is 4.12. The zero-order valence-electron chi connectivity index (χ0n) is 18.2. The normalized spacial score (nSPS) is 14.6. The third-order valence-corrected chi connectivity index (χ3v) is 7.13. The monoisotopic (exact) mass is 438 g/mol. The highest BCUT2D eigenvalue weighted by Gasteiger charge is 2.27. The van der Waals surface area contributed by atoms with Crippen LogP contribution in [0.3, 0.4) is 0 Å². The lowest BCUT2D eigenvalue weighted by molar-refractivity contribution is -0.120. The number of hydrogen-bond donors (Lipinski definition) is 1. The molecule has 1 aliphatic rings. The van der Waals surface area contributed by atoms with Crippen molar-refractivity contribution in [2.24, 2.45) is 5.92 Å². The number of hydrogen-bond acceptors (Lipinski definition) is 7. The molecule has 1 amide bonds. The van der Waals surface area contributed by atoms with E-state index >= 15 is 0 Å². The Kier molecular flexibility index (Phi) is 5.91. The van der Waals surface area contributed by atoms with Crippen LogP contribution in [-0.2, 0) is 9.53 Å². The summed E-state index contributed by atoms with van der Waals surface area (Å²) in [5.74, 6) is 0.547. The van der Waals surface area contributed by atoms with Crippen LogP contribution in [0, 0.1) is 26.7 Å². The second kappa shape index (κ2) is 8.63. The number of esters is 1. The Balaban J connectivity index is 1.43. The predicted octanol–water partition coefficient (Wildman–Crippen LogP) is 4.26. The van der Waals surface area contributed by atoms with E-state index in [4.69, 9.17) is 4.74 Å². The Hall–Kier alpha value is -3.00.